The fraction of sp³-hybridized carbons (Fsp3) is 1.00. The van der Waals surface area contributed by atoms with Crippen LogP contribution in [0.15, 0.2) is 0 Å². The molecule has 0 aliphatic carbocycles. The zero-order valence-electron chi connectivity index (χ0n) is 4.53. The number of rotatable bonds is 1. The summed E-state index contributed by atoms with van der Waals surface area (Å²) < 4.78 is 26.9. The third kappa shape index (κ3) is 17.0. The minimum Gasteiger partial charge on any atom is -0.286 e. The van der Waals surface area contributed by atoms with E-state index in [-0.39, 0.29) is 5.75 Å². The molecular formula is C2H10N2O3S. The van der Waals surface area contributed by atoms with E-state index in [4.69, 9.17) is 4.55 Å². The van der Waals surface area contributed by atoms with Gasteiger partial charge in [-0.1, -0.05) is 0 Å². The first-order chi connectivity index (χ1) is 3.56. The first-order valence-electron chi connectivity index (χ1n) is 1.85. The first-order valence-corrected chi connectivity index (χ1v) is 3.45. The lowest BCUT2D eigenvalue weighted by Gasteiger charge is -1.79. The van der Waals surface area contributed by atoms with E-state index in [1.54, 1.807) is 0 Å². The molecule has 0 aromatic carbocycles. The van der Waals surface area contributed by atoms with E-state index in [9.17, 15) is 8.42 Å². The van der Waals surface area contributed by atoms with Gasteiger partial charge in [0.15, 0.2) is 0 Å². The molecule has 0 unspecified atom stereocenters. The highest BCUT2D eigenvalue weighted by Crippen LogP contribution is 1.74. The van der Waals surface area contributed by atoms with Crippen LogP contribution in [-0.2, 0) is 10.1 Å². The van der Waals surface area contributed by atoms with E-state index < -0.39 is 10.1 Å². The second-order valence-corrected chi connectivity index (χ2v) is 2.61. The quantitative estimate of drug-likeness (QED) is 0.240. The van der Waals surface area contributed by atoms with Crippen molar-refractivity contribution in [2.45, 2.75) is 6.92 Å². The summed E-state index contributed by atoms with van der Waals surface area (Å²) in [5, 5.41) is 0. The average Bonchev–Trinajstić information content (AvgIpc) is 1.71. The van der Waals surface area contributed by atoms with Gasteiger partial charge in [0.1, 0.15) is 0 Å². The molecule has 5 nitrogen and oxygen atoms in total. The van der Waals surface area contributed by atoms with Gasteiger partial charge in [-0.15, -0.1) is 0 Å². The molecule has 5 N–H and O–H groups in total. The van der Waals surface area contributed by atoms with Crippen LogP contribution in [0.5, 0.6) is 0 Å². The third-order valence-corrected chi connectivity index (χ3v) is 1.09. The van der Waals surface area contributed by atoms with Crippen LogP contribution in [-0.4, -0.2) is 18.7 Å². The maximum atomic E-state index is 9.56. The van der Waals surface area contributed by atoms with Gasteiger partial charge >= 0.3 is 0 Å². The van der Waals surface area contributed by atoms with Crippen LogP contribution < -0.4 is 11.7 Å². The Labute approximate surface area is 48.4 Å². The Bertz CT molecular complexity index is 117. The van der Waals surface area contributed by atoms with Crippen molar-refractivity contribution in [2.24, 2.45) is 11.7 Å². The molecule has 0 saturated heterocycles. The minimum atomic E-state index is -3.66. The van der Waals surface area contributed by atoms with Crippen molar-refractivity contribution in [2.75, 3.05) is 5.75 Å². The Morgan fingerprint density at radius 3 is 1.62 bits per heavy atom. The number of nitrogens with two attached hydrogens (primary N) is 2. The van der Waals surface area contributed by atoms with Crippen LogP contribution in [0.3, 0.4) is 0 Å². The topological polar surface area (TPSA) is 106 Å². The maximum Gasteiger partial charge on any atom is 0.264 e. The van der Waals surface area contributed by atoms with Crippen LogP contribution in [0.25, 0.3) is 0 Å². The highest BCUT2D eigenvalue weighted by Gasteiger charge is 1.93. The smallest absolute Gasteiger partial charge is 0.264 e. The SMILES string of the molecule is CCS(=O)(=O)O.NN. The molecule has 0 bridgehead atoms. The largest absolute Gasteiger partial charge is 0.286 e. The van der Waals surface area contributed by atoms with Gasteiger partial charge in [0, 0.05) is 0 Å². The zero-order valence-corrected chi connectivity index (χ0v) is 5.35. The highest BCUT2D eigenvalue weighted by atomic mass is 32.2. The fourth-order valence-electron chi connectivity index (χ4n) is 0. The number of hydrazine groups is 1. The Morgan fingerprint density at radius 1 is 1.50 bits per heavy atom. The van der Waals surface area contributed by atoms with Crippen molar-refractivity contribution in [3.05, 3.63) is 0 Å². The summed E-state index contributed by atoms with van der Waals surface area (Å²) in [5.41, 5.74) is 0. The van der Waals surface area contributed by atoms with Gasteiger partial charge in [0.05, 0.1) is 5.75 Å². The molecular weight excluding hydrogens is 132 g/mol. The Kier molecular flexibility index (Phi) is 6.68. The van der Waals surface area contributed by atoms with E-state index in [0.717, 1.165) is 0 Å². The summed E-state index contributed by atoms with van der Waals surface area (Å²) in [7, 11) is -3.66. The summed E-state index contributed by atoms with van der Waals surface area (Å²) in [6, 6.07) is 0. The van der Waals surface area contributed by atoms with Crippen molar-refractivity contribution in [1.82, 2.24) is 0 Å². The second-order valence-electron chi connectivity index (χ2n) is 0.871. The van der Waals surface area contributed by atoms with Gasteiger partial charge in [-0.25, -0.2) is 0 Å². The fourth-order valence-corrected chi connectivity index (χ4v) is 0. The van der Waals surface area contributed by atoms with Gasteiger partial charge in [0.25, 0.3) is 10.1 Å². The van der Waals surface area contributed by atoms with Gasteiger partial charge in [-0.3, -0.25) is 16.2 Å². The van der Waals surface area contributed by atoms with Crippen LogP contribution in [0.4, 0.5) is 0 Å². The molecule has 0 fully saturated rings. The maximum absolute atomic E-state index is 9.56. The normalized spacial score (nSPS) is 9.50. The highest BCUT2D eigenvalue weighted by molar-refractivity contribution is 7.85. The van der Waals surface area contributed by atoms with Gasteiger partial charge in [0.2, 0.25) is 0 Å². The Balaban J connectivity index is 0. The number of hydrogen-bond acceptors (Lipinski definition) is 4. The van der Waals surface area contributed by atoms with Crippen LogP contribution in [0.2, 0.25) is 0 Å². The molecule has 52 valence electrons. The van der Waals surface area contributed by atoms with E-state index in [1.165, 1.54) is 6.92 Å². The Hall–Kier alpha value is -0.170. The van der Waals surface area contributed by atoms with Crippen molar-refractivity contribution in [1.29, 1.82) is 0 Å². The molecule has 0 spiro atoms. The van der Waals surface area contributed by atoms with E-state index in [0.29, 0.717) is 0 Å². The van der Waals surface area contributed by atoms with Crippen LogP contribution in [0.1, 0.15) is 6.92 Å². The van der Waals surface area contributed by atoms with Gasteiger partial charge < -0.3 is 0 Å². The third-order valence-electron chi connectivity index (χ3n) is 0.365. The lowest BCUT2D eigenvalue weighted by molar-refractivity contribution is 0.484. The molecule has 6 heteroatoms. The van der Waals surface area contributed by atoms with E-state index >= 15 is 0 Å². The van der Waals surface area contributed by atoms with Crippen LogP contribution >= 0.6 is 0 Å². The molecule has 0 radical (unpaired) electrons. The minimum absolute atomic E-state index is 0.201. The lowest BCUT2D eigenvalue weighted by Crippen LogP contribution is -2.02. The molecule has 0 rings (SSSR count). The molecule has 8 heavy (non-hydrogen) atoms. The predicted molar refractivity (Wildman–Crippen MR) is 30.5 cm³/mol. The van der Waals surface area contributed by atoms with Crippen molar-refractivity contribution in [3.63, 3.8) is 0 Å². The molecule has 0 aliphatic rings. The summed E-state index contributed by atoms with van der Waals surface area (Å²) in [6.07, 6.45) is 0. The van der Waals surface area contributed by atoms with Crippen molar-refractivity contribution >= 4 is 10.1 Å². The number of hydrogen-bond donors (Lipinski definition) is 3. The Morgan fingerprint density at radius 2 is 1.62 bits per heavy atom. The molecule has 0 amide bonds. The summed E-state index contributed by atoms with van der Waals surface area (Å²) in [6.45, 7) is 1.37. The van der Waals surface area contributed by atoms with Crippen molar-refractivity contribution in [3.8, 4) is 0 Å². The second kappa shape index (κ2) is 4.98. The van der Waals surface area contributed by atoms with Crippen molar-refractivity contribution < 1.29 is 13.0 Å². The summed E-state index contributed by atoms with van der Waals surface area (Å²) >= 11 is 0. The van der Waals surface area contributed by atoms with Gasteiger partial charge in [-0.05, 0) is 6.92 Å². The molecule has 0 heterocycles. The lowest BCUT2D eigenvalue weighted by atomic mass is 11.0. The summed E-state index contributed by atoms with van der Waals surface area (Å²) in [5.74, 6) is 7.80. The van der Waals surface area contributed by atoms with E-state index in [1.807, 2.05) is 0 Å². The molecule has 0 aromatic rings. The summed E-state index contributed by atoms with van der Waals surface area (Å²) in [4.78, 5) is 0. The molecule has 0 atom stereocenters. The molecule has 0 aliphatic heterocycles. The first kappa shape index (κ1) is 10.7. The van der Waals surface area contributed by atoms with Crippen LogP contribution in [0, 0.1) is 0 Å². The standard InChI is InChI=1S/C2H6O3S.H4N2/c1-2-6(3,4)5;1-2/h2H2,1H3,(H,3,4,5);1-2H2. The van der Waals surface area contributed by atoms with E-state index in [2.05, 4.69) is 11.7 Å². The average molecular weight is 142 g/mol. The molecule has 0 saturated carbocycles. The molecule has 0 aromatic heterocycles. The zero-order chi connectivity index (χ0) is 7.21. The monoisotopic (exact) mass is 142 g/mol. The predicted octanol–water partition coefficient (Wildman–Crippen LogP) is -1.29. The van der Waals surface area contributed by atoms with Gasteiger partial charge in [-0.2, -0.15) is 8.42 Å².